The second kappa shape index (κ2) is 6.43. The summed E-state index contributed by atoms with van der Waals surface area (Å²) in [4.78, 5) is 11.6. The lowest BCUT2D eigenvalue weighted by Gasteiger charge is -2.31. The van der Waals surface area contributed by atoms with Gasteiger partial charge in [0.15, 0.2) is 6.61 Å². The number of ether oxygens (including phenoxy) is 2. The summed E-state index contributed by atoms with van der Waals surface area (Å²) < 4.78 is 10.7. The summed E-state index contributed by atoms with van der Waals surface area (Å²) in [7, 11) is 0. The van der Waals surface area contributed by atoms with Gasteiger partial charge in [-0.3, -0.25) is 4.79 Å². The monoisotopic (exact) mass is 265 g/mol. The van der Waals surface area contributed by atoms with Crippen molar-refractivity contribution < 1.29 is 19.4 Å². The highest BCUT2D eigenvalue weighted by molar-refractivity contribution is 5.78. The molecule has 1 amide bonds. The second-order valence-corrected chi connectivity index (χ2v) is 4.58. The van der Waals surface area contributed by atoms with E-state index in [-0.39, 0.29) is 24.7 Å². The lowest BCUT2D eigenvalue weighted by molar-refractivity contribution is -0.125. The molecule has 19 heavy (non-hydrogen) atoms. The molecule has 104 valence electrons. The molecule has 0 spiro atoms. The predicted molar refractivity (Wildman–Crippen MR) is 70.3 cm³/mol. The van der Waals surface area contributed by atoms with Crippen molar-refractivity contribution in [3.8, 4) is 11.5 Å². The van der Waals surface area contributed by atoms with Crippen LogP contribution < -0.4 is 14.8 Å². The van der Waals surface area contributed by atoms with E-state index in [1.807, 2.05) is 6.92 Å². The van der Waals surface area contributed by atoms with Gasteiger partial charge in [0.2, 0.25) is 0 Å². The van der Waals surface area contributed by atoms with E-state index in [4.69, 9.17) is 14.6 Å². The maximum absolute atomic E-state index is 11.6. The largest absolute Gasteiger partial charge is 0.494 e. The van der Waals surface area contributed by atoms with Crippen LogP contribution in [0.3, 0.4) is 0 Å². The van der Waals surface area contributed by atoms with E-state index < -0.39 is 0 Å². The first-order chi connectivity index (χ1) is 9.17. The van der Waals surface area contributed by atoms with Crippen molar-refractivity contribution in [2.45, 2.75) is 31.9 Å². The van der Waals surface area contributed by atoms with Crippen molar-refractivity contribution in [3.05, 3.63) is 24.3 Å². The first-order valence-corrected chi connectivity index (χ1v) is 6.50. The number of aliphatic hydroxyl groups excluding tert-OH is 1. The molecule has 1 fully saturated rings. The molecule has 1 saturated carbocycles. The quantitative estimate of drug-likeness (QED) is 0.808. The fourth-order valence-electron chi connectivity index (χ4n) is 1.92. The van der Waals surface area contributed by atoms with Crippen molar-refractivity contribution in [2.24, 2.45) is 0 Å². The fourth-order valence-corrected chi connectivity index (χ4v) is 1.92. The number of hydrogen-bond acceptors (Lipinski definition) is 4. The summed E-state index contributed by atoms with van der Waals surface area (Å²) in [6, 6.07) is 7.24. The highest BCUT2D eigenvalue weighted by atomic mass is 16.5. The van der Waals surface area contributed by atoms with E-state index in [2.05, 4.69) is 5.32 Å². The Morgan fingerprint density at radius 1 is 1.26 bits per heavy atom. The van der Waals surface area contributed by atoms with Gasteiger partial charge >= 0.3 is 0 Å². The molecule has 0 unspecified atom stereocenters. The van der Waals surface area contributed by atoms with E-state index in [9.17, 15) is 4.79 Å². The first kappa shape index (κ1) is 13.7. The molecular formula is C14H19NO4. The summed E-state index contributed by atoms with van der Waals surface area (Å²) >= 11 is 0. The van der Waals surface area contributed by atoms with E-state index in [1.54, 1.807) is 24.3 Å². The first-order valence-electron chi connectivity index (χ1n) is 6.50. The van der Waals surface area contributed by atoms with Crippen LogP contribution in [0, 0.1) is 0 Å². The summed E-state index contributed by atoms with van der Waals surface area (Å²) in [6.07, 6.45) is 1.00. The van der Waals surface area contributed by atoms with Gasteiger partial charge < -0.3 is 19.9 Å². The molecule has 1 aliphatic rings. The van der Waals surface area contributed by atoms with Crippen molar-refractivity contribution in [2.75, 3.05) is 13.2 Å². The van der Waals surface area contributed by atoms with Crippen molar-refractivity contribution in [3.63, 3.8) is 0 Å². The highest BCUT2D eigenvalue weighted by Crippen LogP contribution is 2.19. The number of carbonyl (C=O) groups is 1. The van der Waals surface area contributed by atoms with Gasteiger partial charge in [-0.05, 0) is 44.0 Å². The number of hydrogen-bond donors (Lipinski definition) is 2. The molecule has 0 atom stereocenters. The third-order valence-corrected chi connectivity index (χ3v) is 2.98. The molecule has 0 saturated heterocycles. The number of benzene rings is 1. The van der Waals surface area contributed by atoms with Gasteiger partial charge in [0, 0.05) is 6.04 Å². The molecule has 1 aliphatic carbocycles. The number of rotatable bonds is 6. The zero-order valence-corrected chi connectivity index (χ0v) is 11.0. The van der Waals surface area contributed by atoms with Crippen LogP contribution in [0.25, 0.3) is 0 Å². The van der Waals surface area contributed by atoms with Crippen molar-refractivity contribution >= 4 is 5.91 Å². The van der Waals surface area contributed by atoms with E-state index in [0.717, 1.165) is 5.75 Å². The van der Waals surface area contributed by atoms with E-state index >= 15 is 0 Å². The Labute approximate surface area is 112 Å². The third-order valence-electron chi connectivity index (χ3n) is 2.98. The lowest BCUT2D eigenvalue weighted by Crippen LogP contribution is -2.48. The Morgan fingerprint density at radius 3 is 2.37 bits per heavy atom. The van der Waals surface area contributed by atoms with Crippen LogP contribution in [-0.2, 0) is 4.79 Å². The van der Waals surface area contributed by atoms with Crippen molar-refractivity contribution in [1.82, 2.24) is 5.32 Å². The van der Waals surface area contributed by atoms with Crippen LogP contribution in [0.4, 0.5) is 0 Å². The predicted octanol–water partition coefficient (Wildman–Crippen LogP) is 1.10. The van der Waals surface area contributed by atoms with Crippen LogP contribution >= 0.6 is 0 Å². The smallest absolute Gasteiger partial charge is 0.258 e. The van der Waals surface area contributed by atoms with Gasteiger partial charge in [-0.2, -0.15) is 0 Å². The lowest BCUT2D eigenvalue weighted by atomic mass is 9.89. The minimum Gasteiger partial charge on any atom is -0.494 e. The van der Waals surface area contributed by atoms with E-state index in [0.29, 0.717) is 25.2 Å². The maximum Gasteiger partial charge on any atom is 0.258 e. The molecule has 0 aromatic heterocycles. The zero-order chi connectivity index (χ0) is 13.7. The van der Waals surface area contributed by atoms with Crippen LogP contribution in [0.2, 0.25) is 0 Å². The standard InChI is InChI=1S/C14H19NO4/c1-2-18-12-3-5-13(6-4-12)19-9-14(17)15-10-7-11(16)8-10/h3-6,10-11,16H,2,7-9H2,1H3,(H,15,17). The molecule has 0 bridgehead atoms. The van der Waals surface area contributed by atoms with Crippen LogP contribution in [0.5, 0.6) is 11.5 Å². The molecular weight excluding hydrogens is 246 g/mol. The number of amides is 1. The van der Waals surface area contributed by atoms with Gasteiger partial charge in [0.25, 0.3) is 5.91 Å². The molecule has 1 aromatic rings. The number of nitrogens with one attached hydrogen (secondary N) is 1. The average Bonchev–Trinajstić information content (AvgIpc) is 2.36. The summed E-state index contributed by atoms with van der Waals surface area (Å²) in [6.45, 7) is 2.53. The van der Waals surface area contributed by atoms with Gasteiger partial charge in [-0.25, -0.2) is 0 Å². The SMILES string of the molecule is CCOc1ccc(OCC(=O)NC2CC(O)C2)cc1. The Balaban J connectivity index is 1.70. The topological polar surface area (TPSA) is 67.8 Å². The molecule has 0 radical (unpaired) electrons. The minimum absolute atomic E-state index is 0.0133. The van der Waals surface area contributed by atoms with Gasteiger partial charge in [0.05, 0.1) is 12.7 Å². The van der Waals surface area contributed by atoms with Crippen LogP contribution in [0.1, 0.15) is 19.8 Å². The zero-order valence-electron chi connectivity index (χ0n) is 11.0. The summed E-state index contributed by atoms with van der Waals surface area (Å²) in [5.74, 6) is 1.25. The Morgan fingerprint density at radius 2 is 1.84 bits per heavy atom. The Bertz CT molecular complexity index is 412. The summed E-state index contributed by atoms with van der Waals surface area (Å²) in [5.41, 5.74) is 0. The number of carbonyl (C=O) groups excluding carboxylic acids is 1. The summed E-state index contributed by atoms with van der Waals surface area (Å²) in [5, 5.41) is 11.9. The van der Waals surface area contributed by atoms with Crippen LogP contribution in [0.15, 0.2) is 24.3 Å². The molecule has 1 aromatic carbocycles. The molecule has 0 aliphatic heterocycles. The molecule has 2 rings (SSSR count). The average molecular weight is 265 g/mol. The molecule has 5 nitrogen and oxygen atoms in total. The second-order valence-electron chi connectivity index (χ2n) is 4.58. The fraction of sp³-hybridized carbons (Fsp3) is 0.500. The Kier molecular flexibility index (Phi) is 4.63. The van der Waals surface area contributed by atoms with Gasteiger partial charge in [-0.1, -0.05) is 0 Å². The maximum atomic E-state index is 11.6. The molecule has 0 heterocycles. The molecule has 2 N–H and O–H groups in total. The Hall–Kier alpha value is -1.75. The number of aliphatic hydroxyl groups is 1. The van der Waals surface area contributed by atoms with Gasteiger partial charge in [0.1, 0.15) is 11.5 Å². The highest BCUT2D eigenvalue weighted by Gasteiger charge is 2.28. The van der Waals surface area contributed by atoms with Crippen molar-refractivity contribution in [1.29, 1.82) is 0 Å². The van der Waals surface area contributed by atoms with Gasteiger partial charge in [-0.15, -0.1) is 0 Å². The van der Waals surface area contributed by atoms with E-state index in [1.165, 1.54) is 0 Å². The minimum atomic E-state index is -0.266. The van der Waals surface area contributed by atoms with Crippen LogP contribution in [-0.4, -0.2) is 36.4 Å². The third kappa shape index (κ3) is 4.13. The normalized spacial score (nSPS) is 21.4. The molecule has 5 heteroatoms.